The van der Waals surface area contributed by atoms with Gasteiger partial charge in [-0.15, -0.1) is 23.2 Å². The molecule has 0 N–H and O–H groups in total. The van der Waals surface area contributed by atoms with Crippen LogP contribution in [0, 0.1) is 5.41 Å². The molecule has 1 rings (SSSR count). The topological polar surface area (TPSA) is 9.23 Å². The highest BCUT2D eigenvalue weighted by Crippen LogP contribution is 2.30. The molecule has 0 spiro atoms. The minimum atomic E-state index is -0.0717. The van der Waals surface area contributed by atoms with Crippen LogP contribution >= 0.6 is 23.2 Å². The maximum absolute atomic E-state index is 5.93. The second-order valence-corrected chi connectivity index (χ2v) is 4.60. The van der Waals surface area contributed by atoms with Gasteiger partial charge in [0, 0.05) is 11.8 Å². The third kappa shape index (κ3) is 3.29. The van der Waals surface area contributed by atoms with Crippen LogP contribution < -0.4 is 4.74 Å². The molecule has 0 atom stereocenters. The molecule has 15 heavy (non-hydrogen) atoms. The van der Waals surface area contributed by atoms with Crippen LogP contribution in [0.15, 0.2) is 24.3 Å². The molecule has 0 aliphatic carbocycles. The smallest absolute Gasteiger partial charge is 0.122 e. The number of methoxy groups -OCH3 is 1. The quantitative estimate of drug-likeness (QED) is 0.720. The number of rotatable bonds is 5. The first-order valence-corrected chi connectivity index (χ1v) is 5.96. The Morgan fingerprint density at radius 3 is 2.33 bits per heavy atom. The molecule has 0 bridgehead atoms. The molecule has 0 saturated heterocycles. The number of ether oxygens (including phenoxy) is 1. The first kappa shape index (κ1) is 12.7. The van der Waals surface area contributed by atoms with Gasteiger partial charge >= 0.3 is 0 Å². The fraction of sp³-hybridized carbons (Fsp3) is 0.500. The van der Waals surface area contributed by atoms with E-state index in [9.17, 15) is 0 Å². The van der Waals surface area contributed by atoms with Crippen molar-refractivity contribution in [2.45, 2.75) is 13.3 Å². The first-order valence-electron chi connectivity index (χ1n) is 4.89. The zero-order valence-corrected chi connectivity index (χ0v) is 10.6. The van der Waals surface area contributed by atoms with E-state index in [0.29, 0.717) is 11.8 Å². The summed E-state index contributed by atoms with van der Waals surface area (Å²) < 4.78 is 5.29. The number of hydrogen-bond donors (Lipinski definition) is 0. The number of alkyl halides is 2. The normalized spacial score (nSPS) is 11.5. The highest BCUT2D eigenvalue weighted by atomic mass is 35.5. The van der Waals surface area contributed by atoms with Gasteiger partial charge in [-0.2, -0.15) is 0 Å². The second kappa shape index (κ2) is 5.62. The van der Waals surface area contributed by atoms with Crippen LogP contribution in [-0.4, -0.2) is 18.9 Å². The van der Waals surface area contributed by atoms with Gasteiger partial charge in [0.15, 0.2) is 0 Å². The van der Waals surface area contributed by atoms with Crippen LogP contribution in [0.25, 0.3) is 0 Å². The summed E-state index contributed by atoms with van der Waals surface area (Å²) >= 11 is 11.9. The van der Waals surface area contributed by atoms with Crippen molar-refractivity contribution in [1.29, 1.82) is 0 Å². The van der Waals surface area contributed by atoms with Crippen molar-refractivity contribution in [1.82, 2.24) is 0 Å². The first-order chi connectivity index (χ1) is 7.15. The molecular formula is C12H16Cl2O. The van der Waals surface area contributed by atoms with E-state index in [2.05, 4.69) is 13.0 Å². The Kier molecular flexibility index (Phi) is 4.75. The second-order valence-electron chi connectivity index (χ2n) is 4.07. The van der Waals surface area contributed by atoms with E-state index in [1.807, 2.05) is 18.2 Å². The molecule has 0 saturated carbocycles. The van der Waals surface area contributed by atoms with Gasteiger partial charge in [0.25, 0.3) is 0 Å². The summed E-state index contributed by atoms with van der Waals surface area (Å²) in [6.45, 7) is 2.08. The van der Waals surface area contributed by atoms with Crippen molar-refractivity contribution in [2.24, 2.45) is 5.41 Å². The van der Waals surface area contributed by atoms with Gasteiger partial charge in [0.05, 0.1) is 7.11 Å². The van der Waals surface area contributed by atoms with E-state index in [1.165, 1.54) is 0 Å². The van der Waals surface area contributed by atoms with Crippen LogP contribution in [0.4, 0.5) is 0 Å². The Labute approximate surface area is 101 Å². The predicted molar refractivity (Wildman–Crippen MR) is 66.2 cm³/mol. The van der Waals surface area contributed by atoms with Gasteiger partial charge in [-0.25, -0.2) is 0 Å². The lowest BCUT2D eigenvalue weighted by Crippen LogP contribution is -2.24. The average molecular weight is 247 g/mol. The Bertz CT molecular complexity index is 308. The van der Waals surface area contributed by atoms with Gasteiger partial charge in [-0.05, 0) is 23.5 Å². The Morgan fingerprint density at radius 2 is 1.80 bits per heavy atom. The lowest BCUT2D eigenvalue weighted by atomic mass is 9.87. The summed E-state index contributed by atoms with van der Waals surface area (Å²) in [6, 6.07) is 7.97. The third-order valence-corrected chi connectivity index (χ3v) is 3.75. The molecule has 1 aromatic carbocycles. The van der Waals surface area contributed by atoms with E-state index in [0.717, 1.165) is 17.7 Å². The zero-order valence-electron chi connectivity index (χ0n) is 9.09. The number of benzene rings is 1. The molecule has 1 nitrogen and oxygen atoms in total. The van der Waals surface area contributed by atoms with Gasteiger partial charge in [-0.1, -0.05) is 25.1 Å². The monoisotopic (exact) mass is 246 g/mol. The standard InChI is InChI=1S/C12H16Cl2O/c1-12(8-13,9-14)7-10-5-3-4-6-11(10)15-2/h3-6H,7-9H2,1-2H3. The molecule has 1 aromatic rings. The van der Waals surface area contributed by atoms with E-state index in [-0.39, 0.29) is 5.41 Å². The lowest BCUT2D eigenvalue weighted by Gasteiger charge is -2.25. The minimum absolute atomic E-state index is 0.0717. The summed E-state index contributed by atoms with van der Waals surface area (Å²) in [5.41, 5.74) is 1.08. The zero-order chi connectivity index (χ0) is 11.3. The van der Waals surface area contributed by atoms with Crippen LogP contribution in [-0.2, 0) is 6.42 Å². The van der Waals surface area contributed by atoms with E-state index < -0.39 is 0 Å². The Morgan fingerprint density at radius 1 is 1.20 bits per heavy atom. The number of halogens is 2. The third-order valence-electron chi connectivity index (χ3n) is 2.45. The average Bonchev–Trinajstić information content (AvgIpc) is 2.29. The van der Waals surface area contributed by atoms with E-state index >= 15 is 0 Å². The van der Waals surface area contributed by atoms with Gasteiger partial charge in [0.2, 0.25) is 0 Å². The molecule has 0 heterocycles. The Hall–Kier alpha value is -0.400. The SMILES string of the molecule is COc1ccccc1CC(C)(CCl)CCl. The molecule has 3 heteroatoms. The fourth-order valence-corrected chi connectivity index (χ4v) is 1.91. The molecule has 0 amide bonds. The summed E-state index contributed by atoms with van der Waals surface area (Å²) in [5.74, 6) is 2.00. The fourth-order valence-electron chi connectivity index (χ4n) is 1.44. The summed E-state index contributed by atoms with van der Waals surface area (Å²) in [6.07, 6.45) is 0.837. The van der Waals surface area contributed by atoms with Crippen molar-refractivity contribution < 1.29 is 4.74 Å². The summed E-state index contributed by atoms with van der Waals surface area (Å²) in [4.78, 5) is 0. The van der Waals surface area contributed by atoms with E-state index in [4.69, 9.17) is 27.9 Å². The number of hydrogen-bond acceptors (Lipinski definition) is 1. The molecule has 0 fully saturated rings. The van der Waals surface area contributed by atoms with Crippen LogP contribution in [0.3, 0.4) is 0 Å². The minimum Gasteiger partial charge on any atom is -0.496 e. The van der Waals surface area contributed by atoms with Crippen LogP contribution in [0.5, 0.6) is 5.75 Å². The van der Waals surface area contributed by atoms with E-state index in [1.54, 1.807) is 7.11 Å². The van der Waals surface area contributed by atoms with Crippen molar-refractivity contribution >= 4 is 23.2 Å². The highest BCUT2D eigenvalue weighted by molar-refractivity contribution is 6.21. The van der Waals surface area contributed by atoms with Crippen LogP contribution in [0.2, 0.25) is 0 Å². The van der Waals surface area contributed by atoms with Crippen molar-refractivity contribution in [3.8, 4) is 5.75 Å². The van der Waals surface area contributed by atoms with Crippen molar-refractivity contribution in [3.05, 3.63) is 29.8 Å². The van der Waals surface area contributed by atoms with Crippen LogP contribution in [0.1, 0.15) is 12.5 Å². The summed E-state index contributed by atoms with van der Waals surface area (Å²) in [7, 11) is 1.68. The summed E-state index contributed by atoms with van der Waals surface area (Å²) in [5, 5.41) is 0. The number of para-hydroxylation sites is 1. The Balaban J connectivity index is 2.87. The molecule has 0 aliphatic heterocycles. The molecule has 0 unspecified atom stereocenters. The molecule has 0 aromatic heterocycles. The largest absolute Gasteiger partial charge is 0.496 e. The van der Waals surface area contributed by atoms with Gasteiger partial charge < -0.3 is 4.74 Å². The van der Waals surface area contributed by atoms with Crippen molar-refractivity contribution in [2.75, 3.05) is 18.9 Å². The van der Waals surface area contributed by atoms with Gasteiger partial charge in [-0.3, -0.25) is 0 Å². The maximum atomic E-state index is 5.93. The van der Waals surface area contributed by atoms with Crippen molar-refractivity contribution in [3.63, 3.8) is 0 Å². The van der Waals surface area contributed by atoms with Gasteiger partial charge in [0.1, 0.15) is 5.75 Å². The maximum Gasteiger partial charge on any atom is 0.122 e. The molecule has 0 aliphatic rings. The molecule has 0 radical (unpaired) electrons. The molecular weight excluding hydrogens is 231 g/mol. The predicted octanol–water partition coefficient (Wildman–Crippen LogP) is 3.72. The lowest BCUT2D eigenvalue weighted by molar-refractivity contribution is 0.385. The molecule has 84 valence electrons. The highest BCUT2D eigenvalue weighted by Gasteiger charge is 2.23.